The van der Waals surface area contributed by atoms with Crippen LogP contribution in [-0.4, -0.2) is 29.3 Å². The predicted octanol–water partition coefficient (Wildman–Crippen LogP) is 2.27. The molecule has 0 saturated carbocycles. The van der Waals surface area contributed by atoms with E-state index in [-0.39, 0.29) is 30.2 Å². The second kappa shape index (κ2) is 6.68. The van der Waals surface area contributed by atoms with E-state index in [0.717, 1.165) is 17.0 Å². The van der Waals surface area contributed by atoms with Crippen molar-refractivity contribution in [3.05, 3.63) is 65.2 Å². The van der Waals surface area contributed by atoms with Gasteiger partial charge in [0, 0.05) is 17.3 Å². The standard InChI is InChI=1S/C17H13F2N3O3/c18-13-6-5-11(7-14(13)19)21-16(24)12-4-2-1-3-10(12)9-22-15(23)8-20-17(22)25/h1-7H,8-9H2,(H,20,25)(H,21,24). The fourth-order valence-electron chi connectivity index (χ4n) is 2.44. The average Bonchev–Trinajstić information content (AvgIpc) is 2.90. The molecule has 4 amide bonds. The van der Waals surface area contributed by atoms with Crippen LogP contribution in [0.4, 0.5) is 19.3 Å². The van der Waals surface area contributed by atoms with Crippen molar-refractivity contribution >= 4 is 23.5 Å². The van der Waals surface area contributed by atoms with Crippen LogP contribution in [0.2, 0.25) is 0 Å². The number of imide groups is 1. The van der Waals surface area contributed by atoms with Gasteiger partial charge < -0.3 is 10.6 Å². The summed E-state index contributed by atoms with van der Waals surface area (Å²) in [7, 11) is 0. The molecule has 128 valence electrons. The number of nitrogens with zero attached hydrogens (tertiary/aromatic N) is 1. The summed E-state index contributed by atoms with van der Waals surface area (Å²) in [5.74, 6) is -3.04. The van der Waals surface area contributed by atoms with Gasteiger partial charge >= 0.3 is 6.03 Å². The van der Waals surface area contributed by atoms with Crippen LogP contribution in [0, 0.1) is 11.6 Å². The van der Waals surface area contributed by atoms with Crippen LogP contribution in [0.15, 0.2) is 42.5 Å². The van der Waals surface area contributed by atoms with Gasteiger partial charge in [0.15, 0.2) is 11.6 Å². The number of benzene rings is 2. The zero-order chi connectivity index (χ0) is 18.0. The number of amides is 4. The minimum Gasteiger partial charge on any atom is -0.329 e. The Balaban J connectivity index is 1.82. The van der Waals surface area contributed by atoms with Crippen molar-refractivity contribution in [1.29, 1.82) is 0 Å². The number of hydrogen-bond acceptors (Lipinski definition) is 3. The Kier molecular flexibility index (Phi) is 4.42. The van der Waals surface area contributed by atoms with E-state index in [4.69, 9.17) is 0 Å². The first-order chi connectivity index (χ1) is 12.0. The lowest BCUT2D eigenvalue weighted by molar-refractivity contribution is -0.125. The number of carbonyl (C=O) groups is 3. The van der Waals surface area contributed by atoms with Gasteiger partial charge in [-0.25, -0.2) is 13.6 Å². The topological polar surface area (TPSA) is 78.5 Å². The number of carbonyl (C=O) groups excluding carboxylic acids is 3. The van der Waals surface area contributed by atoms with Crippen LogP contribution in [-0.2, 0) is 11.3 Å². The number of anilines is 1. The van der Waals surface area contributed by atoms with E-state index < -0.39 is 23.6 Å². The molecule has 0 unspecified atom stereocenters. The molecule has 1 aliphatic heterocycles. The third kappa shape index (κ3) is 3.47. The van der Waals surface area contributed by atoms with Crippen molar-refractivity contribution < 1.29 is 23.2 Å². The Morgan fingerprint density at radius 3 is 2.56 bits per heavy atom. The summed E-state index contributed by atoms with van der Waals surface area (Å²) < 4.78 is 26.2. The van der Waals surface area contributed by atoms with Gasteiger partial charge in [-0.3, -0.25) is 14.5 Å². The molecule has 0 spiro atoms. The summed E-state index contributed by atoms with van der Waals surface area (Å²) in [6.07, 6.45) is 0. The molecule has 0 aromatic heterocycles. The third-order valence-corrected chi connectivity index (χ3v) is 3.70. The van der Waals surface area contributed by atoms with Gasteiger partial charge in [-0.05, 0) is 23.8 Å². The van der Waals surface area contributed by atoms with E-state index >= 15 is 0 Å². The zero-order valence-corrected chi connectivity index (χ0v) is 12.9. The quantitative estimate of drug-likeness (QED) is 0.835. The molecule has 0 radical (unpaired) electrons. The highest BCUT2D eigenvalue weighted by Gasteiger charge is 2.29. The van der Waals surface area contributed by atoms with Crippen LogP contribution in [0.25, 0.3) is 0 Å². The van der Waals surface area contributed by atoms with Gasteiger partial charge in [0.05, 0.1) is 13.1 Å². The Labute approximate surface area is 141 Å². The molecule has 0 atom stereocenters. The first kappa shape index (κ1) is 16.6. The van der Waals surface area contributed by atoms with E-state index in [1.807, 2.05) is 0 Å². The second-order valence-electron chi connectivity index (χ2n) is 5.38. The summed E-state index contributed by atoms with van der Waals surface area (Å²) >= 11 is 0. The number of halogens is 2. The first-order valence-electron chi connectivity index (χ1n) is 7.38. The van der Waals surface area contributed by atoms with E-state index in [2.05, 4.69) is 10.6 Å². The molecule has 2 aromatic rings. The maximum absolute atomic E-state index is 13.3. The van der Waals surface area contributed by atoms with E-state index in [0.29, 0.717) is 5.56 Å². The molecular weight excluding hydrogens is 332 g/mol. The highest BCUT2D eigenvalue weighted by Crippen LogP contribution is 2.18. The summed E-state index contributed by atoms with van der Waals surface area (Å²) in [4.78, 5) is 36.8. The number of hydrogen-bond donors (Lipinski definition) is 2. The fraction of sp³-hybridized carbons (Fsp3) is 0.118. The molecule has 0 bridgehead atoms. The van der Waals surface area contributed by atoms with Gasteiger partial charge in [0.2, 0.25) is 5.91 Å². The Morgan fingerprint density at radius 1 is 1.12 bits per heavy atom. The van der Waals surface area contributed by atoms with Crippen LogP contribution < -0.4 is 10.6 Å². The van der Waals surface area contributed by atoms with Crippen LogP contribution >= 0.6 is 0 Å². The average molecular weight is 345 g/mol. The molecule has 2 aromatic carbocycles. The smallest absolute Gasteiger partial charge is 0.324 e. The summed E-state index contributed by atoms with van der Waals surface area (Å²) in [5, 5.41) is 4.86. The molecule has 8 heteroatoms. The molecular formula is C17H13F2N3O3. The van der Waals surface area contributed by atoms with Crippen molar-refractivity contribution in [1.82, 2.24) is 10.2 Å². The van der Waals surface area contributed by atoms with Crippen molar-refractivity contribution in [2.75, 3.05) is 11.9 Å². The maximum atomic E-state index is 13.3. The molecule has 25 heavy (non-hydrogen) atoms. The van der Waals surface area contributed by atoms with E-state index in [1.54, 1.807) is 18.2 Å². The van der Waals surface area contributed by atoms with Crippen molar-refractivity contribution in [3.8, 4) is 0 Å². The van der Waals surface area contributed by atoms with Crippen molar-refractivity contribution in [2.24, 2.45) is 0 Å². The largest absolute Gasteiger partial charge is 0.329 e. The number of nitrogens with one attached hydrogen (secondary N) is 2. The lowest BCUT2D eigenvalue weighted by Gasteiger charge is -2.15. The number of rotatable bonds is 4. The molecule has 0 aliphatic carbocycles. The lowest BCUT2D eigenvalue weighted by Crippen LogP contribution is -2.31. The van der Waals surface area contributed by atoms with Gasteiger partial charge in [0.25, 0.3) is 5.91 Å². The molecule has 1 saturated heterocycles. The molecule has 1 aliphatic rings. The summed E-state index contributed by atoms with van der Waals surface area (Å²) in [6, 6.07) is 8.90. The number of urea groups is 1. The van der Waals surface area contributed by atoms with Gasteiger partial charge in [-0.2, -0.15) is 0 Å². The Bertz CT molecular complexity index is 854. The fourth-order valence-corrected chi connectivity index (χ4v) is 2.44. The first-order valence-corrected chi connectivity index (χ1v) is 7.38. The zero-order valence-electron chi connectivity index (χ0n) is 12.9. The highest BCUT2D eigenvalue weighted by atomic mass is 19.2. The monoisotopic (exact) mass is 345 g/mol. The minimum atomic E-state index is -1.08. The summed E-state index contributed by atoms with van der Waals surface area (Å²) in [5.41, 5.74) is 0.765. The Hall–Kier alpha value is -3.29. The SMILES string of the molecule is O=C(Nc1ccc(F)c(F)c1)c1ccccc1CN1C(=O)CNC1=O. The minimum absolute atomic E-state index is 0.0635. The van der Waals surface area contributed by atoms with Gasteiger partial charge in [0.1, 0.15) is 0 Å². The highest BCUT2D eigenvalue weighted by molar-refractivity contribution is 6.06. The molecule has 1 heterocycles. The second-order valence-corrected chi connectivity index (χ2v) is 5.38. The van der Waals surface area contributed by atoms with Gasteiger partial charge in [-0.15, -0.1) is 0 Å². The van der Waals surface area contributed by atoms with Crippen LogP contribution in [0.1, 0.15) is 15.9 Å². The van der Waals surface area contributed by atoms with Crippen molar-refractivity contribution in [2.45, 2.75) is 6.54 Å². The van der Waals surface area contributed by atoms with Crippen LogP contribution in [0.5, 0.6) is 0 Å². The Morgan fingerprint density at radius 2 is 1.88 bits per heavy atom. The van der Waals surface area contributed by atoms with E-state index in [9.17, 15) is 23.2 Å². The third-order valence-electron chi connectivity index (χ3n) is 3.70. The van der Waals surface area contributed by atoms with E-state index in [1.165, 1.54) is 12.1 Å². The molecule has 2 N–H and O–H groups in total. The predicted molar refractivity (Wildman–Crippen MR) is 84.7 cm³/mol. The van der Waals surface area contributed by atoms with Crippen molar-refractivity contribution in [3.63, 3.8) is 0 Å². The maximum Gasteiger partial charge on any atom is 0.324 e. The van der Waals surface area contributed by atoms with Gasteiger partial charge in [-0.1, -0.05) is 18.2 Å². The van der Waals surface area contributed by atoms with Crippen LogP contribution in [0.3, 0.4) is 0 Å². The lowest BCUT2D eigenvalue weighted by atomic mass is 10.1. The normalized spacial score (nSPS) is 13.8. The summed E-state index contributed by atoms with van der Waals surface area (Å²) in [6.45, 7) is -0.145. The molecule has 6 nitrogen and oxygen atoms in total. The molecule has 1 fully saturated rings. The molecule has 3 rings (SSSR count).